The number of nitrogens with zero attached hydrogens (tertiary/aromatic N) is 1. The summed E-state index contributed by atoms with van der Waals surface area (Å²) in [5.41, 5.74) is 3.35. The molecule has 3 rings (SSSR count). The van der Waals surface area contributed by atoms with Gasteiger partial charge < -0.3 is 15.0 Å². The topological polar surface area (TPSA) is 58.6 Å². The molecule has 0 aliphatic carbocycles. The van der Waals surface area contributed by atoms with Gasteiger partial charge in [0, 0.05) is 24.8 Å². The highest BCUT2D eigenvalue weighted by molar-refractivity contribution is 5.97. The van der Waals surface area contributed by atoms with E-state index in [4.69, 9.17) is 4.74 Å². The van der Waals surface area contributed by atoms with Gasteiger partial charge in [0.25, 0.3) is 11.8 Å². The van der Waals surface area contributed by atoms with Crippen LogP contribution in [0.4, 0.5) is 5.69 Å². The number of hydrogen-bond donors (Lipinski definition) is 1. The summed E-state index contributed by atoms with van der Waals surface area (Å²) in [6, 6.07) is 24.5. The predicted octanol–water partition coefficient (Wildman–Crippen LogP) is 5.10. The molecule has 0 heterocycles. The van der Waals surface area contributed by atoms with Gasteiger partial charge in [-0.25, -0.2) is 0 Å². The quantitative estimate of drug-likeness (QED) is 0.556. The van der Waals surface area contributed by atoms with E-state index in [9.17, 15) is 9.59 Å². The van der Waals surface area contributed by atoms with Gasteiger partial charge in [-0.05, 0) is 47.4 Å². The first-order chi connectivity index (χ1) is 14.9. The summed E-state index contributed by atoms with van der Waals surface area (Å²) in [7, 11) is 1.76. The Bertz CT molecular complexity index is 1010. The summed E-state index contributed by atoms with van der Waals surface area (Å²) < 4.78 is 5.57. The van der Waals surface area contributed by atoms with Crippen LogP contribution in [0.5, 0.6) is 5.75 Å². The molecule has 0 aliphatic rings. The Morgan fingerprint density at radius 3 is 2.32 bits per heavy atom. The van der Waals surface area contributed by atoms with Gasteiger partial charge in [-0.3, -0.25) is 9.59 Å². The zero-order valence-corrected chi connectivity index (χ0v) is 18.2. The number of rotatable bonds is 8. The lowest BCUT2D eigenvalue weighted by Gasteiger charge is -2.18. The first-order valence-corrected chi connectivity index (χ1v) is 10.3. The molecule has 3 aromatic rings. The molecule has 0 atom stereocenters. The number of anilines is 1. The molecule has 5 nitrogen and oxygen atoms in total. The summed E-state index contributed by atoms with van der Waals surface area (Å²) >= 11 is 0. The molecule has 3 aromatic carbocycles. The molecule has 1 N–H and O–H groups in total. The smallest absolute Gasteiger partial charge is 0.262 e. The summed E-state index contributed by atoms with van der Waals surface area (Å²) in [5.74, 6) is 0.696. The Morgan fingerprint density at radius 2 is 1.65 bits per heavy atom. The van der Waals surface area contributed by atoms with Crippen molar-refractivity contribution in [3.8, 4) is 5.75 Å². The van der Waals surface area contributed by atoms with Crippen LogP contribution in [0.1, 0.15) is 41.3 Å². The molecule has 0 radical (unpaired) electrons. The van der Waals surface area contributed by atoms with Gasteiger partial charge in [0.2, 0.25) is 0 Å². The van der Waals surface area contributed by atoms with Gasteiger partial charge in [-0.2, -0.15) is 0 Å². The van der Waals surface area contributed by atoms with Crippen LogP contribution in [0.25, 0.3) is 0 Å². The van der Waals surface area contributed by atoms with E-state index in [1.54, 1.807) is 36.2 Å². The normalized spacial score (nSPS) is 10.6. The first-order valence-electron chi connectivity index (χ1n) is 10.3. The SMILES string of the molecule is CC(C)c1ccc(OCC(=O)Nc2cccc(C(=O)N(C)Cc3ccccc3)c2)cc1. The minimum atomic E-state index is -0.282. The van der Waals surface area contributed by atoms with Gasteiger partial charge in [0.1, 0.15) is 5.75 Å². The molecule has 5 heteroatoms. The number of benzene rings is 3. The summed E-state index contributed by atoms with van der Waals surface area (Å²) in [6.07, 6.45) is 0. The van der Waals surface area contributed by atoms with E-state index >= 15 is 0 Å². The number of carbonyl (C=O) groups excluding carboxylic acids is 2. The lowest BCUT2D eigenvalue weighted by molar-refractivity contribution is -0.118. The highest BCUT2D eigenvalue weighted by Crippen LogP contribution is 2.19. The third-order valence-electron chi connectivity index (χ3n) is 4.92. The minimum absolute atomic E-state index is 0.104. The van der Waals surface area contributed by atoms with Crippen molar-refractivity contribution >= 4 is 17.5 Å². The van der Waals surface area contributed by atoms with Crippen molar-refractivity contribution in [2.75, 3.05) is 19.0 Å². The van der Waals surface area contributed by atoms with E-state index in [0.717, 1.165) is 5.56 Å². The Labute approximate surface area is 183 Å². The van der Waals surface area contributed by atoms with Crippen LogP contribution in [-0.2, 0) is 11.3 Å². The molecule has 0 aliphatic heterocycles. The van der Waals surface area contributed by atoms with Crippen molar-refractivity contribution in [3.63, 3.8) is 0 Å². The molecule has 0 aromatic heterocycles. The fraction of sp³-hybridized carbons (Fsp3) is 0.231. The zero-order chi connectivity index (χ0) is 22.2. The fourth-order valence-electron chi connectivity index (χ4n) is 3.17. The molecular weight excluding hydrogens is 388 g/mol. The van der Waals surface area contributed by atoms with Crippen LogP contribution in [0.3, 0.4) is 0 Å². The third-order valence-corrected chi connectivity index (χ3v) is 4.92. The number of carbonyl (C=O) groups is 2. The Balaban J connectivity index is 1.55. The third kappa shape index (κ3) is 6.44. The van der Waals surface area contributed by atoms with Crippen molar-refractivity contribution in [2.45, 2.75) is 26.3 Å². The number of ether oxygens (including phenoxy) is 1. The van der Waals surface area contributed by atoms with Gasteiger partial charge in [0.05, 0.1) is 0 Å². The molecule has 160 valence electrons. The molecule has 0 bridgehead atoms. The zero-order valence-electron chi connectivity index (χ0n) is 18.2. The highest BCUT2D eigenvalue weighted by Gasteiger charge is 2.13. The predicted molar refractivity (Wildman–Crippen MR) is 123 cm³/mol. The molecular formula is C26H28N2O3. The van der Waals surface area contributed by atoms with Crippen molar-refractivity contribution < 1.29 is 14.3 Å². The van der Waals surface area contributed by atoms with E-state index in [1.807, 2.05) is 54.6 Å². The van der Waals surface area contributed by atoms with Gasteiger partial charge in [-0.1, -0.05) is 62.4 Å². The summed E-state index contributed by atoms with van der Waals surface area (Å²) in [6.45, 7) is 4.66. The number of amides is 2. The Hall–Kier alpha value is -3.60. The Morgan fingerprint density at radius 1 is 0.935 bits per heavy atom. The van der Waals surface area contributed by atoms with Gasteiger partial charge >= 0.3 is 0 Å². The van der Waals surface area contributed by atoms with Crippen molar-refractivity contribution in [1.82, 2.24) is 4.90 Å². The van der Waals surface area contributed by atoms with Crippen molar-refractivity contribution in [1.29, 1.82) is 0 Å². The van der Waals surface area contributed by atoms with E-state index in [2.05, 4.69) is 19.2 Å². The number of hydrogen-bond acceptors (Lipinski definition) is 3. The van der Waals surface area contributed by atoms with E-state index in [1.165, 1.54) is 5.56 Å². The first kappa shape index (κ1) is 22.1. The lowest BCUT2D eigenvalue weighted by atomic mass is 10.0. The highest BCUT2D eigenvalue weighted by atomic mass is 16.5. The van der Waals surface area contributed by atoms with Crippen LogP contribution >= 0.6 is 0 Å². The maximum atomic E-state index is 12.8. The maximum Gasteiger partial charge on any atom is 0.262 e. The van der Waals surface area contributed by atoms with Crippen LogP contribution in [0.2, 0.25) is 0 Å². The minimum Gasteiger partial charge on any atom is -0.484 e. The van der Waals surface area contributed by atoms with Crippen LogP contribution in [0, 0.1) is 0 Å². The largest absolute Gasteiger partial charge is 0.484 e. The van der Waals surface area contributed by atoms with Gasteiger partial charge in [-0.15, -0.1) is 0 Å². The van der Waals surface area contributed by atoms with Crippen molar-refractivity contribution in [2.24, 2.45) is 0 Å². The second-order valence-corrected chi connectivity index (χ2v) is 7.79. The van der Waals surface area contributed by atoms with E-state index in [-0.39, 0.29) is 18.4 Å². The Kier molecular flexibility index (Phi) is 7.44. The second kappa shape index (κ2) is 10.4. The molecule has 0 saturated carbocycles. The monoisotopic (exact) mass is 416 g/mol. The fourth-order valence-corrected chi connectivity index (χ4v) is 3.17. The van der Waals surface area contributed by atoms with Crippen LogP contribution in [0.15, 0.2) is 78.9 Å². The molecule has 0 spiro atoms. The average Bonchev–Trinajstić information content (AvgIpc) is 2.78. The summed E-state index contributed by atoms with van der Waals surface area (Å²) in [5, 5.41) is 2.79. The number of nitrogens with one attached hydrogen (secondary N) is 1. The lowest BCUT2D eigenvalue weighted by Crippen LogP contribution is -2.26. The average molecular weight is 417 g/mol. The summed E-state index contributed by atoms with van der Waals surface area (Å²) in [4.78, 5) is 26.7. The van der Waals surface area contributed by atoms with Crippen LogP contribution in [-0.4, -0.2) is 30.4 Å². The molecule has 31 heavy (non-hydrogen) atoms. The maximum absolute atomic E-state index is 12.8. The molecule has 2 amide bonds. The molecule has 0 saturated heterocycles. The van der Waals surface area contributed by atoms with Crippen molar-refractivity contribution in [3.05, 3.63) is 95.6 Å². The van der Waals surface area contributed by atoms with E-state index in [0.29, 0.717) is 29.5 Å². The van der Waals surface area contributed by atoms with Gasteiger partial charge in [0.15, 0.2) is 6.61 Å². The van der Waals surface area contributed by atoms with Crippen LogP contribution < -0.4 is 10.1 Å². The molecule has 0 unspecified atom stereocenters. The standard InChI is InChI=1S/C26H28N2O3/c1-19(2)21-12-14-24(15-13-21)31-18-25(29)27-23-11-7-10-22(16-23)26(30)28(3)17-20-8-5-4-6-9-20/h4-16,19H,17-18H2,1-3H3,(H,27,29). The van der Waals surface area contributed by atoms with E-state index < -0.39 is 0 Å². The molecule has 0 fully saturated rings. The second-order valence-electron chi connectivity index (χ2n) is 7.79.